The summed E-state index contributed by atoms with van der Waals surface area (Å²) in [5.74, 6) is 4.03. The third-order valence-corrected chi connectivity index (χ3v) is 11.5. The molecule has 0 aromatic heterocycles. The first-order valence-electron chi connectivity index (χ1n) is 13.0. The molecular weight excluding hydrogens is 370 g/mol. The number of aliphatic hydroxyl groups excluding tert-OH is 1. The lowest BCUT2D eigenvalue weighted by atomic mass is 9.46. The number of piperidine rings is 1. The van der Waals surface area contributed by atoms with Gasteiger partial charge in [0.05, 0.1) is 6.10 Å². The van der Waals surface area contributed by atoms with Gasteiger partial charge in [0.25, 0.3) is 0 Å². The lowest BCUT2D eigenvalue weighted by molar-refractivity contribution is -0.131. The molecule has 0 radical (unpaired) electrons. The molecule has 11 atom stereocenters. The first kappa shape index (κ1) is 20.0. The van der Waals surface area contributed by atoms with Gasteiger partial charge in [0, 0.05) is 24.0 Å². The van der Waals surface area contributed by atoms with E-state index in [2.05, 4.69) is 31.7 Å². The Kier molecular flexibility index (Phi) is 4.44. The summed E-state index contributed by atoms with van der Waals surface area (Å²) in [5.41, 5.74) is 1.74. The Hall–Kier alpha value is -0.670. The Balaban J connectivity index is 1.36. The Bertz CT molecular complexity index is 762. The van der Waals surface area contributed by atoms with Gasteiger partial charge in [-0.05, 0) is 98.7 Å². The number of nitrogens with zero attached hydrogens (tertiary/aromatic N) is 1. The van der Waals surface area contributed by atoms with E-state index in [4.69, 9.17) is 0 Å². The molecule has 1 N–H and O–H groups in total. The fourth-order valence-corrected chi connectivity index (χ4v) is 10.2. The van der Waals surface area contributed by atoms with E-state index < -0.39 is 0 Å². The zero-order chi connectivity index (χ0) is 20.8. The Morgan fingerprint density at radius 1 is 1.10 bits per heavy atom. The van der Waals surface area contributed by atoms with Gasteiger partial charge in [-0.3, -0.25) is 4.90 Å². The van der Waals surface area contributed by atoms with Gasteiger partial charge in [-0.2, -0.15) is 0 Å². The number of carbonyl (C=O) groups excluding carboxylic acids is 1. The van der Waals surface area contributed by atoms with Crippen molar-refractivity contribution in [2.75, 3.05) is 6.54 Å². The molecule has 3 nitrogen and oxygen atoms in total. The van der Waals surface area contributed by atoms with Crippen molar-refractivity contribution in [1.82, 2.24) is 4.90 Å². The van der Waals surface area contributed by atoms with E-state index in [1.165, 1.54) is 44.1 Å². The molecule has 0 bridgehead atoms. The predicted octanol–water partition coefficient (Wildman–Crippen LogP) is 4.83. The van der Waals surface area contributed by atoms with Crippen LogP contribution in [-0.2, 0) is 4.79 Å². The fourth-order valence-electron chi connectivity index (χ4n) is 10.2. The number of fused-ring (bicyclic) bond motifs is 9. The molecule has 3 saturated carbocycles. The molecule has 0 unspecified atom stereocenters. The highest BCUT2D eigenvalue weighted by molar-refractivity contribution is 5.63. The predicted molar refractivity (Wildman–Crippen MR) is 119 cm³/mol. The number of carbonyl (C=O) groups is 1. The van der Waals surface area contributed by atoms with E-state index in [1.54, 1.807) is 0 Å². The summed E-state index contributed by atoms with van der Waals surface area (Å²) in [7, 11) is 0. The number of hydrogen-bond acceptors (Lipinski definition) is 3. The lowest BCUT2D eigenvalue weighted by Gasteiger charge is -2.57. The standard InChI is InChI=1S/C27H41NO2/c1-16-4-7-23-17(2)25-24(28(23)14-16)13-22-20-6-5-18-12-19(30)8-10-26(18,3)21(20)9-11-27(22,25)15-29/h5,15-17,19-25,30H,4,6-14H2,1-3H3/t16-,17-,19-,20+,21-,22-,23+,24-,25-,26-,27+/m0/s1. The van der Waals surface area contributed by atoms with Gasteiger partial charge in [-0.15, -0.1) is 0 Å². The summed E-state index contributed by atoms with van der Waals surface area (Å²) in [6.07, 6.45) is 14.3. The molecule has 2 saturated heterocycles. The monoisotopic (exact) mass is 411 g/mol. The van der Waals surface area contributed by atoms with Crippen LogP contribution in [0.4, 0.5) is 0 Å². The highest BCUT2D eigenvalue weighted by Crippen LogP contribution is 2.69. The van der Waals surface area contributed by atoms with Crippen LogP contribution in [0.1, 0.15) is 78.6 Å². The van der Waals surface area contributed by atoms with E-state index in [9.17, 15) is 9.90 Å². The van der Waals surface area contributed by atoms with Crippen molar-refractivity contribution in [2.24, 2.45) is 46.3 Å². The average molecular weight is 412 g/mol. The molecule has 6 aliphatic rings. The van der Waals surface area contributed by atoms with Crippen LogP contribution >= 0.6 is 0 Å². The summed E-state index contributed by atoms with van der Waals surface area (Å²) < 4.78 is 0. The van der Waals surface area contributed by atoms with Gasteiger partial charge < -0.3 is 9.90 Å². The van der Waals surface area contributed by atoms with E-state index >= 15 is 0 Å². The zero-order valence-corrected chi connectivity index (χ0v) is 19.2. The number of aldehydes is 1. The fraction of sp³-hybridized carbons (Fsp3) is 0.889. The number of hydrogen-bond donors (Lipinski definition) is 1. The maximum absolute atomic E-state index is 12.9. The third-order valence-electron chi connectivity index (χ3n) is 11.5. The smallest absolute Gasteiger partial charge is 0.126 e. The van der Waals surface area contributed by atoms with Crippen LogP contribution < -0.4 is 0 Å². The topological polar surface area (TPSA) is 40.5 Å². The highest BCUT2D eigenvalue weighted by atomic mass is 16.3. The molecule has 0 spiro atoms. The van der Waals surface area contributed by atoms with Crippen LogP contribution in [0, 0.1) is 46.3 Å². The first-order valence-corrected chi connectivity index (χ1v) is 13.0. The Morgan fingerprint density at radius 2 is 1.93 bits per heavy atom. The quantitative estimate of drug-likeness (QED) is 0.496. The molecule has 2 aliphatic heterocycles. The highest BCUT2D eigenvalue weighted by Gasteiger charge is 2.68. The van der Waals surface area contributed by atoms with E-state index in [0.717, 1.165) is 44.1 Å². The SMILES string of the molecule is C[C@H]1CC[C@@H]2[C@H](C)[C@H]3[C@H](C[C@H]4[C@@H]5CC=C6C[C@@H](O)CC[C@]6(C)[C@H]5CC[C@]34C=O)N2C1. The lowest BCUT2D eigenvalue weighted by Crippen LogP contribution is -2.52. The summed E-state index contributed by atoms with van der Waals surface area (Å²) in [6.45, 7) is 8.66. The van der Waals surface area contributed by atoms with Crippen molar-refractivity contribution in [3.05, 3.63) is 11.6 Å². The summed E-state index contributed by atoms with van der Waals surface area (Å²) in [4.78, 5) is 15.8. The third kappa shape index (κ3) is 2.43. The number of allylic oxidation sites excluding steroid dienone is 1. The van der Waals surface area contributed by atoms with Crippen LogP contribution in [0.5, 0.6) is 0 Å². The van der Waals surface area contributed by atoms with E-state index in [1.807, 2.05) is 0 Å². The van der Waals surface area contributed by atoms with Crippen LogP contribution in [-0.4, -0.2) is 41.0 Å². The summed E-state index contributed by atoms with van der Waals surface area (Å²) in [5, 5.41) is 10.3. The van der Waals surface area contributed by atoms with Crippen molar-refractivity contribution in [1.29, 1.82) is 0 Å². The minimum atomic E-state index is -0.136. The van der Waals surface area contributed by atoms with Crippen molar-refractivity contribution in [3.8, 4) is 0 Å². The largest absolute Gasteiger partial charge is 0.393 e. The molecule has 0 aromatic carbocycles. The molecule has 0 aromatic rings. The average Bonchev–Trinajstić information content (AvgIpc) is 3.22. The van der Waals surface area contributed by atoms with E-state index in [-0.39, 0.29) is 16.9 Å². The summed E-state index contributed by atoms with van der Waals surface area (Å²) >= 11 is 0. The van der Waals surface area contributed by atoms with Crippen molar-refractivity contribution >= 4 is 6.29 Å². The van der Waals surface area contributed by atoms with Crippen molar-refractivity contribution < 1.29 is 9.90 Å². The molecule has 3 heteroatoms. The molecule has 4 aliphatic carbocycles. The molecule has 166 valence electrons. The van der Waals surface area contributed by atoms with Crippen molar-refractivity contribution in [3.63, 3.8) is 0 Å². The molecule has 0 amide bonds. The van der Waals surface area contributed by atoms with Gasteiger partial charge >= 0.3 is 0 Å². The number of rotatable bonds is 1. The normalized spacial score (nSPS) is 57.5. The second kappa shape index (κ2) is 6.67. The van der Waals surface area contributed by atoms with Gasteiger partial charge in [-0.1, -0.05) is 32.4 Å². The molecular formula is C27H41NO2. The second-order valence-corrected chi connectivity index (χ2v) is 12.6. The van der Waals surface area contributed by atoms with Gasteiger partial charge in [0.1, 0.15) is 6.29 Å². The summed E-state index contributed by atoms with van der Waals surface area (Å²) in [6, 6.07) is 1.37. The van der Waals surface area contributed by atoms with Crippen molar-refractivity contribution in [2.45, 2.75) is 96.7 Å². The van der Waals surface area contributed by atoms with Crippen LogP contribution in [0.25, 0.3) is 0 Å². The zero-order valence-electron chi connectivity index (χ0n) is 19.2. The molecule has 5 fully saturated rings. The maximum atomic E-state index is 12.9. The number of aliphatic hydroxyl groups is 1. The minimum Gasteiger partial charge on any atom is -0.393 e. The molecule has 2 heterocycles. The molecule has 6 rings (SSSR count). The minimum absolute atomic E-state index is 0.0677. The van der Waals surface area contributed by atoms with Gasteiger partial charge in [-0.25, -0.2) is 0 Å². The Morgan fingerprint density at radius 3 is 2.73 bits per heavy atom. The molecule has 30 heavy (non-hydrogen) atoms. The van der Waals surface area contributed by atoms with Gasteiger partial charge in [0.15, 0.2) is 0 Å². The maximum Gasteiger partial charge on any atom is 0.126 e. The van der Waals surface area contributed by atoms with Crippen LogP contribution in [0.3, 0.4) is 0 Å². The Labute approximate surface area is 182 Å². The van der Waals surface area contributed by atoms with E-state index in [0.29, 0.717) is 35.6 Å². The van der Waals surface area contributed by atoms with Crippen LogP contribution in [0.2, 0.25) is 0 Å². The second-order valence-electron chi connectivity index (χ2n) is 12.6. The first-order chi connectivity index (χ1) is 14.4. The van der Waals surface area contributed by atoms with Crippen LogP contribution in [0.15, 0.2) is 11.6 Å². The van der Waals surface area contributed by atoms with Gasteiger partial charge in [0.2, 0.25) is 0 Å².